The number of benzene rings is 6. The van der Waals surface area contributed by atoms with Gasteiger partial charge in [-0.25, -0.2) is 0 Å². The number of rotatable bonds is 8. The number of hydrogen-bond acceptors (Lipinski definition) is 4. The van der Waals surface area contributed by atoms with Crippen molar-refractivity contribution in [2.24, 2.45) is 0 Å². The lowest BCUT2D eigenvalue weighted by Gasteiger charge is -2.47. The first-order chi connectivity index (χ1) is 29.3. The summed E-state index contributed by atoms with van der Waals surface area (Å²) in [6, 6.07) is 54.3. The predicted octanol–water partition coefficient (Wildman–Crippen LogP) is 15.5. The molecule has 2 aliphatic heterocycles. The first-order valence-corrected chi connectivity index (χ1v) is 21.4. The fourth-order valence-electron chi connectivity index (χ4n) is 8.95. The van der Waals surface area contributed by atoms with Crippen LogP contribution in [-0.4, -0.2) is 27.3 Å². The van der Waals surface area contributed by atoms with Crippen LogP contribution in [-0.2, 0) is 0 Å². The molecule has 10 heteroatoms. The highest BCUT2D eigenvalue weighted by Gasteiger charge is 2.84. The van der Waals surface area contributed by atoms with Gasteiger partial charge in [0.1, 0.15) is 0 Å². The second-order valence-corrected chi connectivity index (χ2v) is 18.6. The number of allylic oxidation sites excluding steroid dienone is 4. The van der Waals surface area contributed by atoms with E-state index in [9.17, 15) is 0 Å². The monoisotopic (exact) mass is 854 g/mol. The lowest BCUT2D eigenvalue weighted by atomic mass is 9.71. The summed E-state index contributed by atoms with van der Waals surface area (Å²) in [5.74, 6) is -15.9. The van der Waals surface area contributed by atoms with Crippen LogP contribution in [0.25, 0.3) is 9.81 Å². The van der Waals surface area contributed by atoms with Gasteiger partial charge in [0.25, 0.3) is 0 Å². The maximum absolute atomic E-state index is 16.2. The highest BCUT2D eigenvalue weighted by atomic mass is 32.2. The summed E-state index contributed by atoms with van der Waals surface area (Å²) in [5, 5.41) is 0. The molecule has 0 saturated heterocycles. The van der Waals surface area contributed by atoms with E-state index in [0.717, 1.165) is 34.1 Å². The van der Waals surface area contributed by atoms with Crippen LogP contribution in [0.2, 0.25) is 0 Å². The Labute approximate surface area is 358 Å². The van der Waals surface area contributed by atoms with E-state index in [0.29, 0.717) is 20.9 Å². The zero-order valence-electron chi connectivity index (χ0n) is 32.8. The molecule has 2 heterocycles. The van der Waals surface area contributed by atoms with E-state index in [-0.39, 0.29) is 11.1 Å². The van der Waals surface area contributed by atoms with Gasteiger partial charge in [-0.3, -0.25) is 0 Å². The van der Waals surface area contributed by atoms with Crippen LogP contribution in [0.3, 0.4) is 0 Å². The Morgan fingerprint density at radius 3 is 0.902 bits per heavy atom. The average molecular weight is 855 g/mol. The summed E-state index contributed by atoms with van der Waals surface area (Å²) >= 11 is 2.51. The largest absolute Gasteiger partial charge is 0.380 e. The summed E-state index contributed by atoms with van der Waals surface area (Å²) in [5.41, 5.74) is 3.71. The molecular weight excluding hydrogens is 819 g/mol. The summed E-state index contributed by atoms with van der Waals surface area (Å²) in [6.45, 7) is 3.44. The molecule has 4 aliphatic rings. The van der Waals surface area contributed by atoms with Crippen molar-refractivity contribution >= 4 is 67.5 Å². The zero-order valence-corrected chi connectivity index (χ0v) is 34.4. The van der Waals surface area contributed by atoms with Crippen molar-refractivity contribution in [3.05, 3.63) is 215 Å². The molecule has 0 radical (unpaired) electrons. The molecule has 304 valence electrons. The van der Waals surface area contributed by atoms with Gasteiger partial charge < -0.3 is 9.80 Å². The number of alkyl halides is 6. The molecule has 1 fully saturated rings. The van der Waals surface area contributed by atoms with Crippen LogP contribution in [0.15, 0.2) is 204 Å². The van der Waals surface area contributed by atoms with E-state index in [1.165, 1.54) is 35.7 Å². The molecule has 2 atom stereocenters. The van der Waals surface area contributed by atoms with Crippen LogP contribution in [0.1, 0.15) is 25.0 Å². The van der Waals surface area contributed by atoms with Crippen molar-refractivity contribution < 1.29 is 26.3 Å². The number of halogens is 6. The van der Waals surface area contributed by atoms with Crippen molar-refractivity contribution in [3.63, 3.8) is 0 Å². The molecule has 6 aromatic rings. The van der Waals surface area contributed by atoms with Gasteiger partial charge in [0.15, 0.2) is 0 Å². The quantitative estimate of drug-likeness (QED) is 0.141. The predicted molar refractivity (Wildman–Crippen MR) is 239 cm³/mol. The highest BCUT2D eigenvalue weighted by Crippen LogP contribution is 2.75. The van der Waals surface area contributed by atoms with Gasteiger partial charge in [-0.05, 0) is 121 Å². The molecule has 2 nitrogen and oxygen atoms in total. The highest BCUT2D eigenvalue weighted by molar-refractivity contribution is 8.14. The van der Waals surface area contributed by atoms with Gasteiger partial charge in [0, 0.05) is 55.1 Å². The molecule has 6 aromatic carbocycles. The standard InChI is InChI=1S/C51H36F6N2S2/c1-47-41(31-43(60-47)33-23-27-39(28-24-33)58(35-15-7-3-8-16-35)36-17-9-4-10-18-36)45-46(50(54,55)51(56,57)49(45,52)53)42-32-44(61-48(42,47)2)34-25-29-40(30-26-34)59(37-19-11-5-12-20-37)38-21-13-6-14-22-38/h3-32H,1-2H3. The Bertz CT molecular complexity index is 2520. The summed E-state index contributed by atoms with van der Waals surface area (Å²) in [7, 11) is 0. The minimum absolute atomic E-state index is 0.200. The van der Waals surface area contributed by atoms with Gasteiger partial charge in [0.05, 0.1) is 9.49 Å². The molecule has 10 rings (SSSR count). The minimum Gasteiger partial charge on any atom is -0.311 e. The Kier molecular flexibility index (Phi) is 9.09. The van der Waals surface area contributed by atoms with Gasteiger partial charge in [-0.1, -0.05) is 97.1 Å². The van der Waals surface area contributed by atoms with Crippen LogP contribution >= 0.6 is 23.5 Å². The van der Waals surface area contributed by atoms with Crippen molar-refractivity contribution in [3.8, 4) is 0 Å². The summed E-state index contributed by atoms with van der Waals surface area (Å²) < 4.78 is 93.1. The normalized spacial score (nSPS) is 22.9. The maximum atomic E-state index is 16.2. The SMILES string of the molecule is CC12SC(c3ccc(N(c4ccccc4)c4ccccc4)cc3)=CC1=C1C(=C3C=C(c4ccc(N(c5ccccc5)c5ccccc5)cc4)SC32C)C(F)(F)C(F)(F)C1(F)F. The van der Waals surface area contributed by atoms with E-state index < -0.39 is 38.4 Å². The molecule has 0 amide bonds. The van der Waals surface area contributed by atoms with Crippen molar-refractivity contribution in [1.29, 1.82) is 0 Å². The summed E-state index contributed by atoms with van der Waals surface area (Å²) in [4.78, 5) is 5.21. The van der Waals surface area contributed by atoms with Crippen molar-refractivity contribution in [2.45, 2.75) is 41.1 Å². The third-order valence-corrected chi connectivity index (χ3v) is 15.5. The first kappa shape index (κ1) is 39.3. The maximum Gasteiger partial charge on any atom is 0.380 e. The van der Waals surface area contributed by atoms with E-state index in [4.69, 9.17) is 0 Å². The Balaban J connectivity index is 1.05. The molecule has 61 heavy (non-hydrogen) atoms. The van der Waals surface area contributed by atoms with Gasteiger partial charge in [-0.15, -0.1) is 23.5 Å². The summed E-state index contributed by atoms with van der Waals surface area (Å²) in [6.07, 6.45) is 2.87. The van der Waals surface area contributed by atoms with Gasteiger partial charge >= 0.3 is 17.8 Å². The minimum atomic E-state index is -5.64. The number of hydrogen-bond donors (Lipinski definition) is 0. The van der Waals surface area contributed by atoms with E-state index >= 15 is 26.3 Å². The lowest BCUT2D eigenvalue weighted by molar-refractivity contribution is -0.258. The molecule has 2 aliphatic carbocycles. The van der Waals surface area contributed by atoms with Crippen LogP contribution in [0.5, 0.6) is 0 Å². The number of thioether (sulfide) groups is 2. The zero-order chi connectivity index (χ0) is 42.4. The molecule has 0 bridgehead atoms. The van der Waals surface area contributed by atoms with Crippen molar-refractivity contribution in [2.75, 3.05) is 9.80 Å². The molecule has 2 unspecified atom stereocenters. The third kappa shape index (κ3) is 5.82. The van der Waals surface area contributed by atoms with Crippen molar-refractivity contribution in [1.82, 2.24) is 0 Å². The van der Waals surface area contributed by atoms with Gasteiger partial charge in [-0.2, -0.15) is 26.3 Å². The first-order valence-electron chi connectivity index (χ1n) is 19.7. The van der Waals surface area contributed by atoms with E-state index in [1.807, 2.05) is 170 Å². The molecule has 0 spiro atoms. The average Bonchev–Trinajstić information content (AvgIpc) is 3.86. The topological polar surface area (TPSA) is 6.48 Å². The fraction of sp³-hybridized carbons (Fsp3) is 0.137. The number of para-hydroxylation sites is 4. The third-order valence-electron chi connectivity index (χ3n) is 12.2. The van der Waals surface area contributed by atoms with E-state index in [2.05, 4.69) is 9.80 Å². The Morgan fingerprint density at radius 1 is 0.361 bits per heavy atom. The smallest absolute Gasteiger partial charge is 0.311 e. The fourth-order valence-corrected chi connectivity index (χ4v) is 12.1. The molecule has 0 aromatic heterocycles. The molecular formula is C51H36F6N2S2. The lowest BCUT2D eigenvalue weighted by Crippen LogP contribution is -2.48. The number of nitrogens with zero attached hydrogens (tertiary/aromatic N) is 2. The Morgan fingerprint density at radius 2 is 0.623 bits per heavy atom. The van der Waals surface area contributed by atoms with Crippen LogP contribution < -0.4 is 9.80 Å². The Hall–Kier alpha value is -5.84. The van der Waals surface area contributed by atoms with Crippen LogP contribution in [0.4, 0.5) is 60.5 Å². The number of anilines is 6. The number of fused-ring (bicyclic) bond motifs is 4. The second-order valence-electron chi connectivity index (χ2n) is 15.7. The molecule has 0 N–H and O–H groups in total. The van der Waals surface area contributed by atoms with Gasteiger partial charge in [0.2, 0.25) is 0 Å². The molecule has 1 saturated carbocycles. The van der Waals surface area contributed by atoms with Crippen LogP contribution in [0, 0.1) is 0 Å². The van der Waals surface area contributed by atoms with E-state index in [1.54, 1.807) is 13.8 Å². The second kappa shape index (κ2) is 14.1.